The molecule has 5 nitrogen and oxygen atoms in total. The van der Waals surface area contributed by atoms with E-state index in [0.717, 1.165) is 3.57 Å². The van der Waals surface area contributed by atoms with Crippen LogP contribution in [0, 0.1) is 3.57 Å². The molecule has 1 rings (SSSR count). The van der Waals surface area contributed by atoms with E-state index in [4.69, 9.17) is 14.6 Å². The maximum absolute atomic E-state index is 10.9. The third-order valence-electron chi connectivity index (χ3n) is 1.91. The van der Waals surface area contributed by atoms with Gasteiger partial charge in [-0.2, -0.15) is 12.6 Å². The topological polar surface area (TPSA) is 72.8 Å². The Morgan fingerprint density at radius 3 is 2.67 bits per heavy atom. The molecule has 0 aliphatic carbocycles. The first kappa shape index (κ1) is 15.1. The molecular formula is C11H11IO5S. The van der Waals surface area contributed by atoms with Crippen LogP contribution in [0.5, 0.6) is 5.75 Å². The Bertz CT molecular complexity index is 449. The second-order valence-electron chi connectivity index (χ2n) is 3.17. The zero-order valence-corrected chi connectivity index (χ0v) is 12.3. The minimum Gasteiger partial charge on any atom is -0.489 e. The second-order valence-corrected chi connectivity index (χ2v) is 4.73. The van der Waals surface area contributed by atoms with Crippen molar-refractivity contribution >= 4 is 47.2 Å². The number of benzene rings is 1. The molecule has 1 aromatic carbocycles. The van der Waals surface area contributed by atoms with E-state index in [1.807, 2.05) is 0 Å². The molecule has 7 heteroatoms. The fraction of sp³-hybridized carbons (Fsp3) is 0.273. The summed E-state index contributed by atoms with van der Waals surface area (Å²) in [6.07, 6.45) is 0. The minimum absolute atomic E-state index is 0.00358. The number of carboxylic acids is 1. The number of ether oxygens (including phenoxy) is 2. The van der Waals surface area contributed by atoms with Crippen LogP contribution in [0.15, 0.2) is 18.2 Å². The molecule has 0 aliphatic rings. The van der Waals surface area contributed by atoms with Gasteiger partial charge in [-0.15, -0.1) is 0 Å². The zero-order valence-electron chi connectivity index (χ0n) is 9.26. The summed E-state index contributed by atoms with van der Waals surface area (Å²) < 4.78 is 10.9. The van der Waals surface area contributed by atoms with Crippen molar-refractivity contribution in [2.75, 3.05) is 19.0 Å². The summed E-state index contributed by atoms with van der Waals surface area (Å²) in [5.74, 6) is -1.24. The molecule has 0 amide bonds. The number of carbonyl (C=O) groups is 2. The number of aromatic carboxylic acids is 1. The fourth-order valence-electron chi connectivity index (χ4n) is 1.15. The second kappa shape index (κ2) is 7.47. The van der Waals surface area contributed by atoms with Crippen LogP contribution >= 0.6 is 35.2 Å². The lowest BCUT2D eigenvalue weighted by atomic mass is 10.2. The van der Waals surface area contributed by atoms with Crippen LogP contribution in [0.1, 0.15) is 10.4 Å². The molecule has 0 aromatic heterocycles. The number of halogens is 1. The maximum atomic E-state index is 10.9. The average Bonchev–Trinajstić information content (AvgIpc) is 2.34. The van der Waals surface area contributed by atoms with Crippen LogP contribution in [0.25, 0.3) is 0 Å². The predicted molar refractivity (Wildman–Crippen MR) is 76.4 cm³/mol. The Hall–Kier alpha value is -0.960. The van der Waals surface area contributed by atoms with Crippen LogP contribution in [-0.2, 0) is 9.53 Å². The van der Waals surface area contributed by atoms with Crippen molar-refractivity contribution in [2.45, 2.75) is 0 Å². The standard InChI is InChI=1S/C11H11IO5S/c12-7-1-2-8(11(14)15)9(5-7)16-3-4-17-10(13)6-18/h1-2,5,18H,3-4,6H2,(H,14,15). The number of esters is 1. The first-order valence-corrected chi connectivity index (χ1v) is 6.68. The van der Waals surface area contributed by atoms with Crippen LogP contribution in [0.3, 0.4) is 0 Å². The van der Waals surface area contributed by atoms with Crippen molar-refractivity contribution in [1.29, 1.82) is 0 Å². The van der Waals surface area contributed by atoms with Crippen molar-refractivity contribution in [3.63, 3.8) is 0 Å². The summed E-state index contributed by atoms with van der Waals surface area (Å²) in [5.41, 5.74) is 0.0796. The lowest BCUT2D eigenvalue weighted by Gasteiger charge is -2.09. The van der Waals surface area contributed by atoms with E-state index in [2.05, 4.69) is 35.2 Å². The van der Waals surface area contributed by atoms with Crippen molar-refractivity contribution in [1.82, 2.24) is 0 Å². The lowest BCUT2D eigenvalue weighted by molar-refractivity contribution is -0.141. The normalized spacial score (nSPS) is 9.89. The number of carbonyl (C=O) groups excluding carboxylic acids is 1. The van der Waals surface area contributed by atoms with E-state index in [1.165, 1.54) is 6.07 Å². The van der Waals surface area contributed by atoms with Crippen LogP contribution < -0.4 is 4.74 Å². The molecule has 0 unspecified atom stereocenters. The van der Waals surface area contributed by atoms with E-state index in [1.54, 1.807) is 12.1 Å². The molecule has 0 radical (unpaired) electrons. The highest BCUT2D eigenvalue weighted by molar-refractivity contribution is 14.1. The van der Waals surface area contributed by atoms with Crippen molar-refractivity contribution < 1.29 is 24.2 Å². The maximum Gasteiger partial charge on any atom is 0.339 e. The van der Waals surface area contributed by atoms with Crippen molar-refractivity contribution in [3.8, 4) is 5.75 Å². The van der Waals surface area contributed by atoms with Gasteiger partial charge in [0.1, 0.15) is 24.5 Å². The highest BCUT2D eigenvalue weighted by Crippen LogP contribution is 2.21. The zero-order chi connectivity index (χ0) is 13.5. The number of thiol groups is 1. The Morgan fingerprint density at radius 2 is 2.06 bits per heavy atom. The van der Waals surface area contributed by atoms with Gasteiger partial charge < -0.3 is 14.6 Å². The van der Waals surface area contributed by atoms with Crippen LogP contribution in [0.2, 0.25) is 0 Å². The molecule has 1 aromatic rings. The third kappa shape index (κ3) is 4.73. The van der Waals surface area contributed by atoms with Gasteiger partial charge in [0.05, 0.1) is 5.75 Å². The monoisotopic (exact) mass is 382 g/mol. The molecule has 0 heterocycles. The third-order valence-corrected chi connectivity index (χ3v) is 2.84. The quantitative estimate of drug-likeness (QED) is 0.340. The van der Waals surface area contributed by atoms with Crippen molar-refractivity contribution in [3.05, 3.63) is 27.3 Å². The summed E-state index contributed by atoms with van der Waals surface area (Å²) in [7, 11) is 0. The fourth-order valence-corrected chi connectivity index (χ4v) is 1.70. The average molecular weight is 382 g/mol. The summed E-state index contributed by atoms with van der Waals surface area (Å²) >= 11 is 5.80. The largest absolute Gasteiger partial charge is 0.489 e. The molecule has 0 fully saturated rings. The van der Waals surface area contributed by atoms with Gasteiger partial charge in [-0.3, -0.25) is 4.79 Å². The molecule has 1 N–H and O–H groups in total. The highest BCUT2D eigenvalue weighted by atomic mass is 127. The van der Waals surface area contributed by atoms with Gasteiger partial charge in [0.25, 0.3) is 0 Å². The van der Waals surface area contributed by atoms with Crippen molar-refractivity contribution in [2.24, 2.45) is 0 Å². The Balaban J connectivity index is 2.58. The molecule has 98 valence electrons. The number of hydrogen-bond acceptors (Lipinski definition) is 5. The molecule has 0 aliphatic heterocycles. The SMILES string of the molecule is O=C(CS)OCCOc1cc(I)ccc1C(=O)O. The lowest BCUT2D eigenvalue weighted by Crippen LogP contribution is -2.14. The summed E-state index contributed by atoms with van der Waals surface area (Å²) in [4.78, 5) is 21.7. The summed E-state index contributed by atoms with van der Waals surface area (Å²) in [5, 5.41) is 8.96. The Labute approximate surface area is 123 Å². The van der Waals surface area contributed by atoms with E-state index in [9.17, 15) is 9.59 Å². The van der Waals surface area contributed by atoms with Gasteiger partial charge in [-0.05, 0) is 40.8 Å². The number of hydrogen-bond donors (Lipinski definition) is 2. The van der Waals surface area contributed by atoms with Gasteiger partial charge in [0.2, 0.25) is 0 Å². The van der Waals surface area contributed by atoms with Gasteiger partial charge >= 0.3 is 11.9 Å². The van der Waals surface area contributed by atoms with E-state index in [-0.39, 0.29) is 30.3 Å². The molecule has 18 heavy (non-hydrogen) atoms. The minimum atomic E-state index is -1.06. The molecule has 0 saturated carbocycles. The first-order chi connectivity index (χ1) is 8.54. The first-order valence-electron chi connectivity index (χ1n) is 4.96. The molecule has 0 saturated heterocycles. The van der Waals surface area contributed by atoms with Gasteiger partial charge in [-0.25, -0.2) is 4.79 Å². The van der Waals surface area contributed by atoms with E-state index < -0.39 is 11.9 Å². The predicted octanol–water partition coefficient (Wildman–Crippen LogP) is 1.84. The summed E-state index contributed by atoms with van der Waals surface area (Å²) in [6.45, 7) is 0.157. The smallest absolute Gasteiger partial charge is 0.339 e. The molecule has 0 spiro atoms. The number of rotatable bonds is 6. The van der Waals surface area contributed by atoms with Gasteiger partial charge in [0.15, 0.2) is 0 Å². The molecule has 0 bridgehead atoms. The highest BCUT2D eigenvalue weighted by Gasteiger charge is 2.11. The van der Waals surface area contributed by atoms with Gasteiger partial charge in [0, 0.05) is 3.57 Å². The van der Waals surface area contributed by atoms with E-state index in [0.29, 0.717) is 0 Å². The number of carboxylic acid groups (broad SMARTS) is 1. The van der Waals surface area contributed by atoms with Crippen LogP contribution in [0.4, 0.5) is 0 Å². The van der Waals surface area contributed by atoms with E-state index >= 15 is 0 Å². The van der Waals surface area contributed by atoms with Crippen LogP contribution in [-0.4, -0.2) is 36.0 Å². The Morgan fingerprint density at radius 1 is 1.33 bits per heavy atom. The molecular weight excluding hydrogens is 371 g/mol. The molecule has 0 atom stereocenters. The Kier molecular flexibility index (Phi) is 6.27. The summed E-state index contributed by atoms with van der Waals surface area (Å²) in [6, 6.07) is 4.77. The van der Waals surface area contributed by atoms with Gasteiger partial charge in [-0.1, -0.05) is 0 Å².